The van der Waals surface area contributed by atoms with E-state index in [-0.39, 0.29) is 17.2 Å². The van der Waals surface area contributed by atoms with Gasteiger partial charge in [0.15, 0.2) is 0 Å². The van der Waals surface area contributed by atoms with Crippen LogP contribution >= 0.6 is 0 Å². The third kappa shape index (κ3) is 7.53. The van der Waals surface area contributed by atoms with Crippen LogP contribution in [0.2, 0.25) is 0 Å². The van der Waals surface area contributed by atoms with Gasteiger partial charge in [-0.2, -0.15) is 0 Å². The lowest BCUT2D eigenvalue weighted by Gasteiger charge is -2.33. The predicted octanol–water partition coefficient (Wildman–Crippen LogP) is 4.93. The molecule has 0 spiro atoms. The van der Waals surface area contributed by atoms with Gasteiger partial charge in [-0.05, 0) is 55.3 Å². The summed E-state index contributed by atoms with van der Waals surface area (Å²) in [6, 6.07) is 13.4. The van der Waals surface area contributed by atoms with Gasteiger partial charge in [-0.1, -0.05) is 30.3 Å². The zero-order valence-electron chi connectivity index (χ0n) is 22.8. The molecule has 0 unspecified atom stereocenters. The van der Waals surface area contributed by atoms with E-state index in [0.29, 0.717) is 5.56 Å². The average Bonchev–Trinajstić information content (AvgIpc) is 2.95. The van der Waals surface area contributed by atoms with Crippen molar-refractivity contribution in [1.29, 1.82) is 0 Å². The molecule has 0 radical (unpaired) electrons. The molecule has 0 saturated carbocycles. The Labute approximate surface area is 236 Å². The number of halogens is 4. The summed E-state index contributed by atoms with van der Waals surface area (Å²) in [5, 5.41) is 2.95. The zero-order valence-corrected chi connectivity index (χ0v) is 22.8. The fourth-order valence-electron chi connectivity index (χ4n) is 5.26. The minimum atomic E-state index is -4.81. The largest absolute Gasteiger partial charge is 0.573 e. The number of hydrogen-bond acceptors (Lipinski definition) is 6. The number of nitrogens with one attached hydrogen (secondary N) is 1. The van der Waals surface area contributed by atoms with Gasteiger partial charge >= 0.3 is 6.36 Å². The molecule has 5 rings (SSSR count). The summed E-state index contributed by atoms with van der Waals surface area (Å²) in [6.45, 7) is 6.38. The van der Waals surface area contributed by atoms with Gasteiger partial charge in [-0.3, -0.25) is 9.69 Å². The third-order valence-corrected chi connectivity index (χ3v) is 7.61. The van der Waals surface area contributed by atoms with Gasteiger partial charge in [0, 0.05) is 63.6 Å². The molecular formula is C30H33F4N5O2. The van der Waals surface area contributed by atoms with Gasteiger partial charge < -0.3 is 19.9 Å². The Bertz CT molecular complexity index is 1320. The Balaban J connectivity index is 1.13. The lowest BCUT2D eigenvalue weighted by atomic mass is 10.0. The summed E-state index contributed by atoms with van der Waals surface area (Å²) in [5.74, 6) is -0.629. The number of carbonyl (C=O) groups excluding carboxylic acids is 1. The summed E-state index contributed by atoms with van der Waals surface area (Å²) in [4.78, 5) is 24.6. The first-order chi connectivity index (χ1) is 19.6. The van der Waals surface area contributed by atoms with Crippen LogP contribution in [0.3, 0.4) is 0 Å². The third-order valence-electron chi connectivity index (χ3n) is 7.61. The number of pyridine rings is 1. The second kappa shape index (κ2) is 12.4. The molecule has 0 atom stereocenters. The monoisotopic (exact) mass is 571 g/mol. The highest BCUT2D eigenvalue weighted by Crippen LogP contribution is 2.29. The van der Waals surface area contributed by atoms with E-state index in [2.05, 4.69) is 48.9 Å². The van der Waals surface area contributed by atoms with Crippen LogP contribution in [0.4, 0.5) is 23.4 Å². The molecule has 3 aromatic rings. The normalized spacial score (nSPS) is 17.4. The molecule has 41 heavy (non-hydrogen) atoms. The zero-order chi connectivity index (χ0) is 29.0. The maximum atomic E-state index is 15.3. The van der Waals surface area contributed by atoms with Crippen molar-refractivity contribution in [3.63, 3.8) is 0 Å². The van der Waals surface area contributed by atoms with E-state index >= 15 is 4.39 Å². The first-order valence-electron chi connectivity index (χ1n) is 13.7. The van der Waals surface area contributed by atoms with E-state index in [1.54, 1.807) is 6.07 Å². The van der Waals surface area contributed by atoms with Crippen LogP contribution in [0.25, 0.3) is 11.1 Å². The van der Waals surface area contributed by atoms with Gasteiger partial charge in [0.2, 0.25) is 0 Å². The van der Waals surface area contributed by atoms with Gasteiger partial charge in [0.1, 0.15) is 17.4 Å². The van der Waals surface area contributed by atoms with E-state index in [1.807, 2.05) is 6.20 Å². The number of carbonyl (C=O) groups is 1. The van der Waals surface area contributed by atoms with E-state index < -0.39 is 23.8 Å². The van der Waals surface area contributed by atoms with Crippen LogP contribution in [0, 0.1) is 5.82 Å². The average molecular weight is 572 g/mol. The number of piperazine rings is 1. The summed E-state index contributed by atoms with van der Waals surface area (Å²) in [7, 11) is 2.13. The highest BCUT2D eigenvalue weighted by Gasteiger charge is 2.31. The van der Waals surface area contributed by atoms with Gasteiger partial charge in [-0.25, -0.2) is 9.37 Å². The van der Waals surface area contributed by atoms with Crippen LogP contribution in [0.1, 0.15) is 28.8 Å². The van der Waals surface area contributed by atoms with Crippen LogP contribution in [-0.2, 0) is 6.54 Å². The molecule has 2 aromatic carbocycles. The Kier molecular flexibility index (Phi) is 8.74. The standard InChI is InChI=1S/C30H33F4N5O2/c1-37-15-17-39(18-16-37)27-10-5-21(19-35-27)20-38-13-11-23(12-14-38)36-29(40)26-4-2-3-25(28(26)31)22-6-8-24(9-7-22)41-30(32,33)34/h2-10,19,23H,11-18,20H2,1H3,(H,36,40). The molecule has 7 nitrogen and oxygen atoms in total. The number of aromatic nitrogens is 1. The number of ether oxygens (including phenoxy) is 1. The van der Waals surface area contributed by atoms with Crippen LogP contribution in [0.15, 0.2) is 60.8 Å². The topological polar surface area (TPSA) is 60.9 Å². The number of alkyl halides is 3. The molecule has 2 saturated heterocycles. The molecule has 1 N–H and O–H groups in total. The second-order valence-electron chi connectivity index (χ2n) is 10.6. The highest BCUT2D eigenvalue weighted by molar-refractivity contribution is 5.96. The van der Waals surface area contributed by atoms with Gasteiger partial charge in [-0.15, -0.1) is 13.2 Å². The first kappa shape index (κ1) is 28.8. The lowest BCUT2D eigenvalue weighted by Crippen LogP contribution is -2.45. The van der Waals surface area contributed by atoms with Crippen molar-refractivity contribution in [2.75, 3.05) is 51.2 Å². The number of likely N-dealkylation sites (N-methyl/N-ethyl adjacent to an activating group) is 1. The number of amides is 1. The second-order valence-corrected chi connectivity index (χ2v) is 10.6. The smallest absolute Gasteiger partial charge is 0.406 e. The Morgan fingerprint density at radius 2 is 1.68 bits per heavy atom. The fraction of sp³-hybridized carbons (Fsp3) is 0.400. The van der Waals surface area contributed by atoms with Crippen molar-refractivity contribution in [2.24, 2.45) is 0 Å². The summed E-state index contributed by atoms with van der Waals surface area (Å²) >= 11 is 0. The minimum Gasteiger partial charge on any atom is -0.406 e. The maximum Gasteiger partial charge on any atom is 0.573 e. The van der Waals surface area contributed by atoms with Gasteiger partial charge in [0.25, 0.3) is 5.91 Å². The Morgan fingerprint density at radius 1 is 0.976 bits per heavy atom. The molecule has 11 heteroatoms. The van der Waals surface area contributed by atoms with Crippen molar-refractivity contribution in [3.8, 4) is 16.9 Å². The van der Waals surface area contributed by atoms with Crippen LogP contribution in [0.5, 0.6) is 5.75 Å². The molecule has 2 aliphatic rings. The van der Waals surface area contributed by atoms with Crippen molar-refractivity contribution in [3.05, 3.63) is 77.7 Å². The number of piperidine rings is 1. The summed E-state index contributed by atoms with van der Waals surface area (Å²) in [6.07, 6.45) is -1.40. The molecular weight excluding hydrogens is 538 g/mol. The number of hydrogen-bond donors (Lipinski definition) is 1. The highest BCUT2D eigenvalue weighted by atomic mass is 19.4. The van der Waals surface area contributed by atoms with Crippen molar-refractivity contribution in [2.45, 2.75) is 31.8 Å². The number of anilines is 1. The van der Waals surface area contributed by atoms with E-state index in [9.17, 15) is 18.0 Å². The quantitative estimate of drug-likeness (QED) is 0.406. The number of likely N-dealkylation sites (tertiary alicyclic amines) is 1. The molecule has 3 heterocycles. The maximum absolute atomic E-state index is 15.3. The van der Waals surface area contributed by atoms with E-state index in [0.717, 1.165) is 82.2 Å². The van der Waals surface area contributed by atoms with Crippen LogP contribution < -0.4 is 15.0 Å². The Hall–Kier alpha value is -3.70. The minimum absolute atomic E-state index is 0.0849. The first-order valence-corrected chi connectivity index (χ1v) is 13.7. The van der Waals surface area contributed by atoms with Crippen LogP contribution in [-0.4, -0.2) is 79.4 Å². The van der Waals surface area contributed by atoms with E-state index in [4.69, 9.17) is 0 Å². The molecule has 2 aliphatic heterocycles. The van der Waals surface area contributed by atoms with Gasteiger partial charge in [0.05, 0.1) is 5.56 Å². The van der Waals surface area contributed by atoms with E-state index in [1.165, 1.54) is 24.3 Å². The molecule has 2 fully saturated rings. The van der Waals surface area contributed by atoms with Crippen molar-refractivity contribution >= 4 is 11.7 Å². The number of benzene rings is 2. The molecule has 218 valence electrons. The number of nitrogens with zero attached hydrogens (tertiary/aromatic N) is 4. The number of rotatable bonds is 7. The summed E-state index contributed by atoms with van der Waals surface area (Å²) in [5.41, 5.74) is 1.50. The Morgan fingerprint density at radius 3 is 2.32 bits per heavy atom. The molecule has 1 aromatic heterocycles. The lowest BCUT2D eigenvalue weighted by molar-refractivity contribution is -0.274. The fourth-order valence-corrected chi connectivity index (χ4v) is 5.26. The van der Waals surface area contributed by atoms with Crippen molar-refractivity contribution < 1.29 is 27.1 Å². The molecule has 1 amide bonds. The summed E-state index contributed by atoms with van der Waals surface area (Å²) < 4.78 is 56.5. The SMILES string of the molecule is CN1CCN(c2ccc(CN3CCC(NC(=O)c4cccc(-c5ccc(OC(F)(F)F)cc5)c4F)CC3)cn2)CC1. The van der Waals surface area contributed by atoms with Crippen molar-refractivity contribution in [1.82, 2.24) is 20.1 Å². The predicted molar refractivity (Wildman–Crippen MR) is 148 cm³/mol. The molecule has 0 bridgehead atoms. The molecule has 0 aliphatic carbocycles.